The maximum Gasteiger partial charge on any atom is 0.416 e. The number of rotatable bonds is 8. The van der Waals surface area contributed by atoms with E-state index in [1.54, 1.807) is 24.3 Å². The van der Waals surface area contributed by atoms with Gasteiger partial charge in [-0.05, 0) is 65.6 Å². The molecule has 0 amide bonds. The molecule has 2 atom stereocenters. The number of alkyl halides is 3. The molecule has 0 saturated heterocycles. The summed E-state index contributed by atoms with van der Waals surface area (Å²) in [6.07, 6.45) is -5.47. The lowest BCUT2D eigenvalue weighted by Gasteiger charge is -2.28. The second-order valence-electron chi connectivity index (χ2n) is 8.65. The molecule has 0 spiro atoms. The van der Waals surface area contributed by atoms with Gasteiger partial charge in [-0.2, -0.15) is 17.5 Å². The van der Waals surface area contributed by atoms with Crippen LogP contribution in [0.25, 0.3) is 11.1 Å². The summed E-state index contributed by atoms with van der Waals surface area (Å²) < 4.78 is 68.6. The highest BCUT2D eigenvalue weighted by Gasteiger charge is 2.69. The van der Waals surface area contributed by atoms with Crippen molar-refractivity contribution in [3.05, 3.63) is 87.9 Å². The number of nitrogens with zero attached hydrogens (tertiary/aromatic N) is 1. The zero-order chi connectivity index (χ0) is 28.0. The summed E-state index contributed by atoms with van der Waals surface area (Å²) in [5.41, 5.74) is -2.90. The number of halogens is 5. The Labute approximate surface area is 225 Å². The molecule has 2 N–H and O–H groups in total. The van der Waals surface area contributed by atoms with Crippen molar-refractivity contribution >= 4 is 45.2 Å². The largest absolute Gasteiger partial charge is 0.480 e. The quantitative estimate of drug-likeness (QED) is 0.346. The van der Waals surface area contributed by atoms with Crippen LogP contribution >= 0.6 is 23.2 Å². The Balaban J connectivity index is 1.79. The monoisotopic (exact) mass is 587 g/mol. The first-order valence-corrected chi connectivity index (χ1v) is 13.1. The van der Waals surface area contributed by atoms with Gasteiger partial charge in [0.1, 0.15) is 12.1 Å². The van der Waals surface area contributed by atoms with Crippen molar-refractivity contribution in [3.8, 4) is 11.1 Å². The van der Waals surface area contributed by atoms with E-state index in [0.29, 0.717) is 22.2 Å². The molecule has 1 saturated carbocycles. The third-order valence-corrected chi connectivity index (χ3v) is 8.73. The van der Waals surface area contributed by atoms with Crippen molar-refractivity contribution in [2.45, 2.75) is 28.9 Å². The van der Waals surface area contributed by atoms with Crippen molar-refractivity contribution < 1.29 is 41.4 Å². The molecule has 1 aliphatic carbocycles. The molecule has 3 aromatic carbocycles. The van der Waals surface area contributed by atoms with E-state index in [1.807, 2.05) is 0 Å². The number of carboxylic acid groups (broad SMARTS) is 2. The fraction of sp³-hybridized carbons (Fsp3) is 0.200. The summed E-state index contributed by atoms with van der Waals surface area (Å²) >= 11 is 11.8. The highest BCUT2D eigenvalue weighted by molar-refractivity contribution is 7.89. The number of carbonyl (C=O) groups is 2. The second kappa shape index (κ2) is 9.88. The Kier molecular flexibility index (Phi) is 7.26. The first-order chi connectivity index (χ1) is 17.7. The molecule has 1 fully saturated rings. The van der Waals surface area contributed by atoms with Gasteiger partial charge in [0.25, 0.3) is 0 Å². The van der Waals surface area contributed by atoms with Crippen LogP contribution in [-0.2, 0) is 25.8 Å². The van der Waals surface area contributed by atoms with E-state index in [0.717, 1.165) is 12.1 Å². The standard InChI is InChI=1S/C25H18Cl2F3NO6S/c26-16-5-1-14(2-6-16)15-3-8-18(9-4-15)38(36,37)31(13-22(32)33)24(23(34)35)12-21(24)19-11-17(27)7-10-20(19)25(28,29)30/h1-11,21H,12-13H2,(H,32,33)(H,34,35)/t21-,24+/m0/s1. The van der Waals surface area contributed by atoms with Crippen LogP contribution < -0.4 is 0 Å². The van der Waals surface area contributed by atoms with Gasteiger partial charge in [-0.25, -0.2) is 8.42 Å². The summed E-state index contributed by atoms with van der Waals surface area (Å²) in [6, 6.07) is 14.4. The average Bonchev–Trinajstić information content (AvgIpc) is 3.59. The van der Waals surface area contributed by atoms with E-state index in [-0.39, 0.29) is 9.33 Å². The van der Waals surface area contributed by atoms with Gasteiger partial charge in [0, 0.05) is 16.0 Å². The van der Waals surface area contributed by atoms with Crippen molar-refractivity contribution in [1.29, 1.82) is 0 Å². The predicted molar refractivity (Wildman–Crippen MR) is 133 cm³/mol. The van der Waals surface area contributed by atoms with Crippen LogP contribution in [0.4, 0.5) is 13.2 Å². The lowest BCUT2D eigenvalue weighted by atomic mass is 9.99. The Bertz CT molecular complexity index is 1510. The smallest absolute Gasteiger partial charge is 0.416 e. The molecule has 38 heavy (non-hydrogen) atoms. The van der Waals surface area contributed by atoms with Gasteiger partial charge in [0.15, 0.2) is 0 Å². The normalized spacial score (nSPS) is 19.4. The van der Waals surface area contributed by atoms with Crippen LogP contribution in [0.3, 0.4) is 0 Å². The highest BCUT2D eigenvalue weighted by Crippen LogP contribution is 2.59. The molecule has 0 unspecified atom stereocenters. The molecule has 200 valence electrons. The molecule has 7 nitrogen and oxygen atoms in total. The van der Waals surface area contributed by atoms with Gasteiger partial charge in [0.05, 0.1) is 10.5 Å². The van der Waals surface area contributed by atoms with Crippen LogP contribution in [0.15, 0.2) is 71.6 Å². The van der Waals surface area contributed by atoms with E-state index in [4.69, 9.17) is 23.2 Å². The van der Waals surface area contributed by atoms with Crippen LogP contribution in [0.1, 0.15) is 23.5 Å². The number of aliphatic carboxylic acids is 2. The fourth-order valence-corrected chi connectivity index (χ4v) is 6.50. The van der Waals surface area contributed by atoms with Crippen molar-refractivity contribution in [1.82, 2.24) is 4.31 Å². The topological polar surface area (TPSA) is 112 Å². The van der Waals surface area contributed by atoms with Crippen LogP contribution in [0, 0.1) is 0 Å². The van der Waals surface area contributed by atoms with Gasteiger partial charge in [-0.3, -0.25) is 9.59 Å². The Morgan fingerprint density at radius 3 is 1.95 bits per heavy atom. The van der Waals surface area contributed by atoms with Gasteiger partial charge >= 0.3 is 18.1 Å². The summed E-state index contributed by atoms with van der Waals surface area (Å²) in [7, 11) is -4.81. The van der Waals surface area contributed by atoms with E-state index in [9.17, 15) is 41.4 Å². The third kappa shape index (κ3) is 5.11. The SMILES string of the molecule is O=C(O)CN([C@]1(C(=O)O)C[C@H]1c1cc(Cl)ccc1C(F)(F)F)S(=O)(=O)c1ccc(-c2ccc(Cl)cc2)cc1. The average molecular weight is 588 g/mol. The lowest BCUT2D eigenvalue weighted by Crippen LogP contribution is -2.50. The molecule has 3 aromatic rings. The molecule has 0 heterocycles. The number of carboxylic acids is 2. The maximum absolute atomic E-state index is 13.7. The van der Waals surface area contributed by atoms with Crippen LogP contribution in [0.2, 0.25) is 10.0 Å². The zero-order valence-electron chi connectivity index (χ0n) is 19.1. The third-order valence-electron chi connectivity index (χ3n) is 6.34. The predicted octanol–water partition coefficient (Wildman–Crippen LogP) is 5.77. The Morgan fingerprint density at radius 2 is 1.45 bits per heavy atom. The van der Waals surface area contributed by atoms with Gasteiger partial charge in [-0.1, -0.05) is 47.5 Å². The molecule has 0 aromatic heterocycles. The minimum atomic E-state index is -4.89. The molecule has 13 heteroatoms. The first kappa shape index (κ1) is 27.9. The maximum atomic E-state index is 13.7. The molecule has 1 aliphatic rings. The van der Waals surface area contributed by atoms with Crippen molar-refractivity contribution in [3.63, 3.8) is 0 Å². The van der Waals surface area contributed by atoms with Gasteiger partial charge < -0.3 is 10.2 Å². The molecule has 4 rings (SSSR count). The van der Waals surface area contributed by atoms with E-state index in [2.05, 4.69) is 0 Å². The summed E-state index contributed by atoms with van der Waals surface area (Å²) in [5, 5.41) is 19.9. The van der Waals surface area contributed by atoms with E-state index < -0.39 is 68.6 Å². The lowest BCUT2D eigenvalue weighted by molar-refractivity contribution is -0.146. The molecule has 0 aliphatic heterocycles. The molecule has 0 radical (unpaired) electrons. The summed E-state index contributed by atoms with van der Waals surface area (Å²) in [5.74, 6) is -4.96. The van der Waals surface area contributed by atoms with Gasteiger partial charge in [0.2, 0.25) is 10.0 Å². The summed E-state index contributed by atoms with van der Waals surface area (Å²) in [6.45, 7) is -1.29. The van der Waals surface area contributed by atoms with Gasteiger partial charge in [-0.15, -0.1) is 0 Å². The Hall–Kier alpha value is -3.12. The van der Waals surface area contributed by atoms with Crippen molar-refractivity contribution in [2.75, 3.05) is 6.54 Å². The molecule has 0 bridgehead atoms. The van der Waals surface area contributed by atoms with E-state index >= 15 is 0 Å². The Morgan fingerprint density at radius 1 is 0.921 bits per heavy atom. The fourth-order valence-electron chi connectivity index (χ4n) is 4.47. The number of benzene rings is 3. The van der Waals surface area contributed by atoms with E-state index in [1.165, 1.54) is 24.3 Å². The number of hydrogen-bond acceptors (Lipinski definition) is 4. The van der Waals surface area contributed by atoms with Crippen molar-refractivity contribution in [2.24, 2.45) is 0 Å². The summed E-state index contributed by atoms with van der Waals surface area (Å²) in [4.78, 5) is 23.7. The highest BCUT2D eigenvalue weighted by atomic mass is 35.5. The second-order valence-corrected chi connectivity index (χ2v) is 11.4. The molecular formula is C25H18Cl2F3NO6S. The van der Waals surface area contributed by atoms with Crippen LogP contribution in [-0.4, -0.2) is 47.0 Å². The number of hydrogen-bond donors (Lipinski definition) is 2. The minimum absolute atomic E-state index is 0.121. The minimum Gasteiger partial charge on any atom is -0.480 e. The molecular weight excluding hydrogens is 570 g/mol. The van der Waals surface area contributed by atoms with Crippen LogP contribution in [0.5, 0.6) is 0 Å². The first-order valence-electron chi connectivity index (χ1n) is 10.9. The number of sulfonamides is 1. The zero-order valence-corrected chi connectivity index (χ0v) is 21.4.